The summed E-state index contributed by atoms with van der Waals surface area (Å²) in [5.74, 6) is 0.709. The third-order valence-electron chi connectivity index (χ3n) is 4.69. The van der Waals surface area contributed by atoms with Gasteiger partial charge in [-0.1, -0.05) is 68.4 Å². The molecule has 0 amide bonds. The molecule has 0 atom stereocenters. The minimum atomic E-state index is 0.709. The summed E-state index contributed by atoms with van der Waals surface area (Å²) >= 11 is 0. The van der Waals surface area contributed by atoms with Crippen LogP contribution >= 0.6 is 0 Å². The fourth-order valence-corrected chi connectivity index (χ4v) is 3.35. The van der Waals surface area contributed by atoms with Crippen LogP contribution in [0.5, 0.6) is 0 Å². The van der Waals surface area contributed by atoms with E-state index in [4.69, 9.17) is 0 Å². The number of benzene rings is 2. The second kappa shape index (κ2) is 11.2. The fourth-order valence-electron chi connectivity index (χ4n) is 3.35. The van der Waals surface area contributed by atoms with E-state index in [1.54, 1.807) is 0 Å². The van der Waals surface area contributed by atoms with Gasteiger partial charge < -0.3 is 4.90 Å². The molecule has 0 bridgehead atoms. The smallest absolute Gasteiger partial charge is 0.0234 e. The lowest BCUT2D eigenvalue weighted by atomic mass is 10.0. The molecule has 0 N–H and O–H groups in total. The van der Waals surface area contributed by atoms with Crippen molar-refractivity contribution in [2.45, 2.75) is 39.7 Å². The van der Waals surface area contributed by atoms with Gasteiger partial charge in [0, 0.05) is 19.6 Å². The molecule has 142 valence electrons. The summed E-state index contributed by atoms with van der Waals surface area (Å²) in [6.07, 6.45) is 3.54. The van der Waals surface area contributed by atoms with Crippen molar-refractivity contribution in [3.05, 3.63) is 71.3 Å². The highest BCUT2D eigenvalue weighted by molar-refractivity contribution is 5.24. The van der Waals surface area contributed by atoms with E-state index in [1.807, 2.05) is 0 Å². The van der Waals surface area contributed by atoms with E-state index in [0.29, 0.717) is 5.92 Å². The van der Waals surface area contributed by atoms with Gasteiger partial charge in [0.2, 0.25) is 0 Å². The highest BCUT2D eigenvalue weighted by Gasteiger charge is 2.08. The second-order valence-corrected chi connectivity index (χ2v) is 8.09. The number of nitrogens with zero attached hydrogens (tertiary/aromatic N) is 2. The Morgan fingerprint density at radius 1 is 0.769 bits per heavy atom. The first kappa shape index (κ1) is 20.7. The van der Waals surface area contributed by atoms with Crippen LogP contribution in [-0.4, -0.2) is 43.5 Å². The number of likely N-dealkylation sites (N-methyl/N-ethyl adjacent to an activating group) is 1. The molecule has 0 spiro atoms. The Morgan fingerprint density at radius 2 is 1.46 bits per heavy atom. The largest absolute Gasteiger partial charge is 0.308 e. The van der Waals surface area contributed by atoms with Crippen LogP contribution < -0.4 is 0 Å². The van der Waals surface area contributed by atoms with Gasteiger partial charge >= 0.3 is 0 Å². The van der Waals surface area contributed by atoms with Gasteiger partial charge in [-0.05, 0) is 62.5 Å². The molecule has 0 radical (unpaired) electrons. The van der Waals surface area contributed by atoms with Crippen LogP contribution in [-0.2, 0) is 19.4 Å². The number of hydrogen-bond donors (Lipinski definition) is 0. The minimum Gasteiger partial charge on any atom is -0.308 e. The first-order valence-electron chi connectivity index (χ1n) is 10.0. The molecule has 0 unspecified atom stereocenters. The molecular weight excluding hydrogens is 316 g/mol. The van der Waals surface area contributed by atoms with Crippen molar-refractivity contribution >= 4 is 0 Å². The summed E-state index contributed by atoms with van der Waals surface area (Å²) in [6.45, 7) is 9.01. The average Bonchev–Trinajstić information content (AvgIpc) is 2.60. The van der Waals surface area contributed by atoms with Gasteiger partial charge in [0.05, 0.1) is 0 Å². The standard InChI is InChI=1S/C24H36N2/c1-21(2)18-23-12-8-13-24(19-23)20-26(17-16-25(3)4)15-9-14-22-10-6-5-7-11-22/h5-8,10-13,19,21H,9,14-18,20H2,1-4H3. The monoisotopic (exact) mass is 352 g/mol. The fraction of sp³-hybridized carbons (Fsp3) is 0.500. The molecule has 2 rings (SSSR count). The summed E-state index contributed by atoms with van der Waals surface area (Å²) in [5.41, 5.74) is 4.36. The highest BCUT2D eigenvalue weighted by atomic mass is 15.2. The third-order valence-corrected chi connectivity index (χ3v) is 4.69. The summed E-state index contributed by atoms with van der Waals surface area (Å²) < 4.78 is 0. The van der Waals surface area contributed by atoms with E-state index < -0.39 is 0 Å². The maximum atomic E-state index is 2.61. The molecule has 26 heavy (non-hydrogen) atoms. The normalized spacial score (nSPS) is 11.7. The van der Waals surface area contributed by atoms with Gasteiger partial charge in [-0.25, -0.2) is 0 Å². The van der Waals surface area contributed by atoms with Crippen LogP contribution in [0.1, 0.15) is 37.0 Å². The quantitative estimate of drug-likeness (QED) is 0.568. The van der Waals surface area contributed by atoms with Gasteiger partial charge in [-0.15, -0.1) is 0 Å². The molecule has 0 aliphatic heterocycles. The molecule has 2 nitrogen and oxygen atoms in total. The van der Waals surface area contributed by atoms with Crippen molar-refractivity contribution in [1.82, 2.24) is 9.80 Å². The lowest BCUT2D eigenvalue weighted by Crippen LogP contribution is -2.32. The van der Waals surface area contributed by atoms with Crippen molar-refractivity contribution in [1.29, 1.82) is 0 Å². The van der Waals surface area contributed by atoms with E-state index in [-0.39, 0.29) is 0 Å². The lowest BCUT2D eigenvalue weighted by molar-refractivity contribution is 0.231. The van der Waals surface area contributed by atoms with Gasteiger partial charge in [0.1, 0.15) is 0 Å². The van der Waals surface area contributed by atoms with Gasteiger partial charge in [0.25, 0.3) is 0 Å². The second-order valence-electron chi connectivity index (χ2n) is 8.09. The first-order chi connectivity index (χ1) is 12.5. The molecular formula is C24H36N2. The van der Waals surface area contributed by atoms with Crippen LogP contribution in [0.3, 0.4) is 0 Å². The van der Waals surface area contributed by atoms with Crippen LogP contribution in [0.4, 0.5) is 0 Å². The van der Waals surface area contributed by atoms with E-state index in [0.717, 1.165) is 32.6 Å². The zero-order valence-electron chi connectivity index (χ0n) is 17.1. The number of aryl methyl sites for hydroxylation is 1. The van der Waals surface area contributed by atoms with Gasteiger partial charge in [-0.2, -0.15) is 0 Å². The highest BCUT2D eigenvalue weighted by Crippen LogP contribution is 2.13. The van der Waals surface area contributed by atoms with Crippen LogP contribution in [0.15, 0.2) is 54.6 Å². The van der Waals surface area contributed by atoms with Gasteiger partial charge in [-0.3, -0.25) is 4.90 Å². The summed E-state index contributed by atoms with van der Waals surface area (Å²) in [7, 11) is 4.32. The van der Waals surface area contributed by atoms with E-state index in [9.17, 15) is 0 Å². The predicted octanol–water partition coefficient (Wildman–Crippen LogP) is 4.88. The third kappa shape index (κ3) is 8.16. The van der Waals surface area contributed by atoms with E-state index >= 15 is 0 Å². The molecule has 0 aromatic heterocycles. The van der Waals surface area contributed by atoms with E-state index in [1.165, 1.54) is 29.5 Å². The van der Waals surface area contributed by atoms with Crippen LogP contribution in [0.2, 0.25) is 0 Å². The number of hydrogen-bond acceptors (Lipinski definition) is 2. The van der Waals surface area contributed by atoms with E-state index in [2.05, 4.69) is 92.3 Å². The molecule has 0 aliphatic carbocycles. The molecule has 0 fully saturated rings. The predicted molar refractivity (Wildman–Crippen MR) is 114 cm³/mol. The Kier molecular flexibility index (Phi) is 8.87. The molecule has 0 heterocycles. The molecule has 0 saturated heterocycles. The molecule has 2 aromatic rings. The summed E-state index contributed by atoms with van der Waals surface area (Å²) in [6, 6.07) is 20.0. The Labute approximate surface area is 160 Å². The van der Waals surface area contributed by atoms with Crippen molar-refractivity contribution in [2.24, 2.45) is 5.92 Å². The minimum absolute atomic E-state index is 0.709. The van der Waals surface area contributed by atoms with Crippen LogP contribution in [0, 0.1) is 5.92 Å². The molecule has 0 saturated carbocycles. The Morgan fingerprint density at radius 3 is 2.15 bits per heavy atom. The molecule has 0 aliphatic rings. The van der Waals surface area contributed by atoms with Gasteiger partial charge in [0.15, 0.2) is 0 Å². The SMILES string of the molecule is CC(C)Cc1cccc(CN(CCCc2ccccc2)CCN(C)C)c1. The zero-order valence-corrected chi connectivity index (χ0v) is 17.1. The lowest BCUT2D eigenvalue weighted by Gasteiger charge is -2.24. The van der Waals surface area contributed by atoms with Crippen LogP contribution in [0.25, 0.3) is 0 Å². The van der Waals surface area contributed by atoms with Crippen molar-refractivity contribution in [2.75, 3.05) is 33.7 Å². The Hall–Kier alpha value is -1.64. The van der Waals surface area contributed by atoms with Crippen molar-refractivity contribution in [3.63, 3.8) is 0 Å². The topological polar surface area (TPSA) is 6.48 Å². The summed E-state index contributed by atoms with van der Waals surface area (Å²) in [5, 5.41) is 0. The maximum absolute atomic E-state index is 2.61. The Bertz CT molecular complexity index is 619. The molecule has 2 aromatic carbocycles. The average molecular weight is 353 g/mol. The zero-order chi connectivity index (χ0) is 18.8. The van der Waals surface area contributed by atoms with Crippen molar-refractivity contribution in [3.8, 4) is 0 Å². The molecule has 2 heteroatoms. The Balaban J connectivity index is 1.93. The first-order valence-corrected chi connectivity index (χ1v) is 10.0. The van der Waals surface area contributed by atoms with Crippen molar-refractivity contribution < 1.29 is 0 Å². The summed E-state index contributed by atoms with van der Waals surface area (Å²) in [4.78, 5) is 4.89. The maximum Gasteiger partial charge on any atom is 0.0234 e. The number of rotatable bonds is 11.